The summed E-state index contributed by atoms with van der Waals surface area (Å²) in [5.74, 6) is -1.21. The number of aliphatic hydroxyl groups is 2. The smallest absolute Gasteiger partial charge is 0.335 e. The van der Waals surface area contributed by atoms with Crippen molar-refractivity contribution in [1.29, 1.82) is 0 Å². The Bertz CT molecular complexity index is 1520. The Hall–Kier alpha value is -4.28. The molecule has 0 aliphatic carbocycles. The van der Waals surface area contributed by atoms with Gasteiger partial charge in [0.25, 0.3) is 6.92 Å². The van der Waals surface area contributed by atoms with E-state index >= 15 is 0 Å². The van der Waals surface area contributed by atoms with Gasteiger partial charge in [0.1, 0.15) is 0 Å². The second kappa shape index (κ2) is 20.9. The van der Waals surface area contributed by atoms with Crippen molar-refractivity contribution in [2.24, 2.45) is 11.7 Å². The van der Waals surface area contributed by atoms with Crippen LogP contribution in [0.3, 0.4) is 0 Å². The maximum atomic E-state index is 11.7. The average Bonchev–Trinajstić information content (AvgIpc) is 3.10. The minimum Gasteiger partial charge on any atom is -0.464 e. The van der Waals surface area contributed by atoms with Crippen LogP contribution >= 0.6 is 0 Å². The second-order valence-electron chi connectivity index (χ2n) is 12.3. The van der Waals surface area contributed by atoms with Crippen LogP contribution < -0.4 is 5.73 Å². The highest BCUT2D eigenvalue weighted by Crippen LogP contribution is 2.24. The molecule has 49 heavy (non-hydrogen) atoms. The van der Waals surface area contributed by atoms with Gasteiger partial charge in [-0.05, 0) is 85.1 Å². The summed E-state index contributed by atoms with van der Waals surface area (Å²) in [4.78, 5) is 23.1. The number of benzene rings is 4. The van der Waals surface area contributed by atoms with Crippen LogP contribution in [-0.2, 0) is 31.9 Å². The molecule has 0 aliphatic heterocycles. The summed E-state index contributed by atoms with van der Waals surface area (Å²) in [7, 11) is 0. The molecule has 4 aromatic rings. The largest absolute Gasteiger partial charge is 0.464 e. The minimum atomic E-state index is -1.16. The molecule has 0 amide bonds. The van der Waals surface area contributed by atoms with Gasteiger partial charge in [-0.25, -0.2) is 9.59 Å². The summed E-state index contributed by atoms with van der Waals surface area (Å²) in [6, 6.07) is 36.4. The average molecular weight is 668 g/mol. The first-order valence-corrected chi connectivity index (χ1v) is 17.0. The maximum Gasteiger partial charge on any atom is 0.335 e. The summed E-state index contributed by atoms with van der Waals surface area (Å²) >= 11 is 0. The fourth-order valence-corrected chi connectivity index (χ4v) is 5.66. The van der Waals surface area contributed by atoms with Crippen LogP contribution in [0, 0.1) is 5.92 Å². The van der Waals surface area contributed by atoms with Gasteiger partial charge in [-0.15, -0.1) is 0 Å². The maximum absolute atomic E-state index is 11.7. The van der Waals surface area contributed by atoms with E-state index in [-0.39, 0.29) is 38.0 Å². The van der Waals surface area contributed by atoms with Gasteiger partial charge in [0.2, 0.25) is 0 Å². The first-order chi connectivity index (χ1) is 23.6. The van der Waals surface area contributed by atoms with Crippen LogP contribution in [0.4, 0.5) is 0 Å². The highest BCUT2D eigenvalue weighted by Gasteiger charge is 2.24. The summed E-state index contributed by atoms with van der Waals surface area (Å²) in [5, 5.41) is 29.5. The first-order valence-electron chi connectivity index (χ1n) is 17.0. The van der Waals surface area contributed by atoms with Gasteiger partial charge in [0.15, 0.2) is 12.2 Å². The highest BCUT2D eigenvalue weighted by atomic mass is 16.5. The van der Waals surface area contributed by atoms with Crippen molar-refractivity contribution in [3.05, 3.63) is 120 Å². The molecule has 0 unspecified atom stereocenters. The molecule has 4 atom stereocenters. The molecule has 0 heterocycles. The van der Waals surface area contributed by atoms with E-state index in [4.69, 9.17) is 15.2 Å². The molecule has 5 N–H and O–H groups in total. The molecule has 0 fully saturated rings. The van der Waals surface area contributed by atoms with E-state index in [1.165, 1.54) is 5.56 Å². The zero-order valence-electron chi connectivity index (χ0n) is 28.8. The fraction of sp³-hybridized carbons (Fsp3) is 0.350. The number of aliphatic hydroxyl groups excluding tert-OH is 2. The zero-order chi connectivity index (χ0) is 35.6. The van der Waals surface area contributed by atoms with E-state index in [1.807, 2.05) is 48.5 Å². The summed E-state index contributed by atoms with van der Waals surface area (Å²) in [6.45, 7) is 5.16. The molecular formula is C40H50BNO7. The molecule has 0 radical (unpaired) electrons. The van der Waals surface area contributed by atoms with Gasteiger partial charge in [0, 0.05) is 6.04 Å². The molecule has 0 spiro atoms. The number of esters is 2. The van der Waals surface area contributed by atoms with Crippen LogP contribution in [0.5, 0.6) is 0 Å². The third-order valence-corrected chi connectivity index (χ3v) is 8.02. The van der Waals surface area contributed by atoms with E-state index < -0.39 is 31.1 Å². The molecule has 0 aliphatic rings. The number of ether oxygens (including phenoxy) is 2. The van der Waals surface area contributed by atoms with E-state index in [2.05, 4.69) is 60.7 Å². The van der Waals surface area contributed by atoms with Gasteiger partial charge in [-0.3, -0.25) is 0 Å². The van der Waals surface area contributed by atoms with Crippen LogP contribution in [0.1, 0.15) is 37.8 Å². The Morgan fingerprint density at radius 2 is 1.02 bits per heavy atom. The van der Waals surface area contributed by atoms with E-state index in [0.29, 0.717) is 19.2 Å². The molecule has 4 aromatic carbocycles. The molecule has 0 saturated heterocycles. The van der Waals surface area contributed by atoms with E-state index in [9.17, 15) is 24.8 Å². The van der Waals surface area contributed by atoms with Gasteiger partial charge in [0.05, 0.1) is 13.2 Å². The second-order valence-corrected chi connectivity index (χ2v) is 12.3. The Morgan fingerprint density at radius 3 is 1.43 bits per heavy atom. The van der Waals surface area contributed by atoms with Crippen molar-refractivity contribution in [3.8, 4) is 22.3 Å². The zero-order valence-corrected chi connectivity index (χ0v) is 28.8. The number of carbonyl (C=O) groups excluding carboxylic acids is 2. The number of hydrogen-bond donors (Lipinski definition) is 4. The fourth-order valence-electron chi connectivity index (χ4n) is 5.66. The number of carbonyl (C=O) groups is 2. The number of hydrogen-bond acceptors (Lipinski definition) is 8. The highest BCUT2D eigenvalue weighted by molar-refractivity contribution is 6.48. The molecule has 260 valence electrons. The van der Waals surface area contributed by atoms with Crippen molar-refractivity contribution >= 4 is 18.9 Å². The van der Waals surface area contributed by atoms with Crippen molar-refractivity contribution in [3.63, 3.8) is 0 Å². The lowest BCUT2D eigenvalue weighted by atomic mass is 9.62. The third-order valence-electron chi connectivity index (χ3n) is 8.02. The molecule has 0 aromatic heterocycles. The lowest BCUT2D eigenvalue weighted by Crippen LogP contribution is -2.33. The Kier molecular flexibility index (Phi) is 16.7. The van der Waals surface area contributed by atoms with Gasteiger partial charge in [-0.1, -0.05) is 116 Å². The predicted octanol–water partition coefficient (Wildman–Crippen LogP) is 5.98. The van der Waals surface area contributed by atoms with Crippen molar-refractivity contribution in [2.45, 2.75) is 70.9 Å². The SMILES string of the molecule is CCOC(=O)[C@H](O)C[C@H](CB(C)O)Cc1ccc(-c2ccccc2)cc1.CCOC(=O)[C@H](O)C[C@H](N)Cc1ccc(-c2ccccc2)cc1. The van der Waals surface area contributed by atoms with Gasteiger partial charge in [-0.2, -0.15) is 0 Å². The normalized spacial score (nSPS) is 13.2. The molecular weight excluding hydrogens is 617 g/mol. The monoisotopic (exact) mass is 667 g/mol. The van der Waals surface area contributed by atoms with Crippen molar-refractivity contribution in [1.82, 2.24) is 0 Å². The number of rotatable bonds is 16. The van der Waals surface area contributed by atoms with E-state index in [1.54, 1.807) is 20.7 Å². The molecule has 9 heteroatoms. The summed E-state index contributed by atoms with van der Waals surface area (Å²) < 4.78 is 9.65. The first kappa shape index (κ1) is 39.2. The Morgan fingerprint density at radius 1 is 0.633 bits per heavy atom. The summed E-state index contributed by atoms with van der Waals surface area (Å²) in [6.07, 6.45) is -0.0155. The third kappa shape index (κ3) is 14.0. The number of nitrogens with two attached hydrogens (primary N) is 1. The molecule has 4 rings (SSSR count). The summed E-state index contributed by atoms with van der Waals surface area (Å²) in [5.41, 5.74) is 12.8. The van der Waals surface area contributed by atoms with Gasteiger partial charge >= 0.3 is 11.9 Å². The minimum absolute atomic E-state index is 0.00279. The van der Waals surface area contributed by atoms with Crippen LogP contribution in [0.15, 0.2) is 109 Å². The Labute approximate surface area is 291 Å². The van der Waals surface area contributed by atoms with Crippen LogP contribution in [0.2, 0.25) is 13.1 Å². The standard InChI is InChI=1S/C21H27BO4.C19H23NO3/c1-3-26-21(24)20(23)14-17(15-22(2)25)13-16-9-11-19(12-10-16)18-7-5-4-6-8-18;1-2-23-19(22)18(21)13-17(20)12-14-8-10-16(11-9-14)15-6-4-3-5-7-15/h4-12,17,20,23,25H,3,13-15H2,1-2H3;3-11,17-18,21H,2,12-13,20H2,1H3/t17-,20-;17-,18-/m11/s1. The molecule has 0 saturated carbocycles. The molecule has 0 bridgehead atoms. The lowest BCUT2D eigenvalue weighted by Gasteiger charge is -2.20. The van der Waals surface area contributed by atoms with Crippen molar-refractivity contribution in [2.75, 3.05) is 13.2 Å². The quantitative estimate of drug-likeness (QED) is 0.0846. The topological polar surface area (TPSA) is 139 Å². The predicted molar refractivity (Wildman–Crippen MR) is 196 cm³/mol. The Balaban J connectivity index is 0.000000267. The van der Waals surface area contributed by atoms with Crippen LogP contribution in [-0.4, -0.2) is 65.6 Å². The van der Waals surface area contributed by atoms with Crippen molar-refractivity contribution < 1.29 is 34.3 Å². The van der Waals surface area contributed by atoms with E-state index in [0.717, 1.165) is 27.8 Å². The lowest BCUT2D eigenvalue weighted by molar-refractivity contribution is -0.154. The van der Waals surface area contributed by atoms with Gasteiger partial charge < -0.3 is 30.4 Å². The van der Waals surface area contributed by atoms with Crippen LogP contribution in [0.25, 0.3) is 22.3 Å². The molecule has 8 nitrogen and oxygen atoms in total.